The molecule has 0 bridgehead atoms. The molecule has 2 N–H and O–H groups in total. The zero-order valence-electron chi connectivity index (χ0n) is 8.66. The Balaban J connectivity index is 2.63. The lowest BCUT2D eigenvalue weighted by Crippen LogP contribution is -2.20. The van der Waals surface area contributed by atoms with Crippen molar-refractivity contribution in [1.82, 2.24) is 15.2 Å². The summed E-state index contributed by atoms with van der Waals surface area (Å²) >= 11 is 0. The van der Waals surface area contributed by atoms with E-state index in [1.807, 2.05) is 20.8 Å². The van der Waals surface area contributed by atoms with Crippen LogP contribution in [0.5, 0.6) is 0 Å². The Morgan fingerprint density at radius 3 is 2.64 bits per heavy atom. The van der Waals surface area contributed by atoms with Gasteiger partial charge >= 0.3 is 5.97 Å². The van der Waals surface area contributed by atoms with E-state index in [4.69, 9.17) is 5.11 Å². The first-order valence-corrected chi connectivity index (χ1v) is 4.49. The van der Waals surface area contributed by atoms with E-state index in [9.17, 15) is 4.79 Å². The number of carbonyl (C=O) groups is 1. The molecular formula is C9H15N3O2. The summed E-state index contributed by atoms with van der Waals surface area (Å²) in [5, 5.41) is 15.4. The first kappa shape index (κ1) is 10.7. The van der Waals surface area contributed by atoms with Gasteiger partial charge in [0, 0.05) is 6.42 Å². The molecule has 5 nitrogen and oxygen atoms in total. The largest absolute Gasteiger partial charge is 0.481 e. The van der Waals surface area contributed by atoms with Crippen molar-refractivity contribution < 1.29 is 9.90 Å². The van der Waals surface area contributed by atoms with Gasteiger partial charge in [0.05, 0.1) is 6.42 Å². The normalized spacial score (nSPS) is 11.6. The molecule has 14 heavy (non-hydrogen) atoms. The molecule has 0 fully saturated rings. The summed E-state index contributed by atoms with van der Waals surface area (Å²) in [5.74, 6) is 0.641. The van der Waals surface area contributed by atoms with Gasteiger partial charge in [-0.05, 0) is 12.3 Å². The van der Waals surface area contributed by atoms with E-state index in [0.29, 0.717) is 12.2 Å². The van der Waals surface area contributed by atoms with Gasteiger partial charge in [0.1, 0.15) is 5.82 Å². The highest BCUT2D eigenvalue weighted by atomic mass is 16.4. The molecule has 0 spiro atoms. The molecule has 1 aromatic rings. The van der Waals surface area contributed by atoms with Crippen LogP contribution in [0.4, 0.5) is 0 Å². The van der Waals surface area contributed by atoms with Crippen LogP contribution in [0.25, 0.3) is 0 Å². The minimum atomic E-state index is -0.790. The number of hydrogen-bond donors (Lipinski definition) is 2. The average Bonchev–Trinajstić information content (AvgIpc) is 2.30. The third kappa shape index (κ3) is 3.16. The summed E-state index contributed by atoms with van der Waals surface area (Å²) in [5.41, 5.74) is -0.305. The molecule has 0 aliphatic heterocycles. The van der Waals surface area contributed by atoms with Gasteiger partial charge in [0.2, 0.25) is 0 Å². The monoisotopic (exact) mass is 197 g/mol. The van der Waals surface area contributed by atoms with Crippen molar-refractivity contribution in [3.8, 4) is 0 Å². The summed E-state index contributed by atoms with van der Waals surface area (Å²) in [6.45, 7) is 5.61. The van der Waals surface area contributed by atoms with Gasteiger partial charge in [-0.25, -0.2) is 4.98 Å². The minimum absolute atomic E-state index is 0.126. The van der Waals surface area contributed by atoms with Gasteiger partial charge in [-0.2, -0.15) is 5.10 Å². The summed E-state index contributed by atoms with van der Waals surface area (Å²) in [6, 6.07) is 0. The van der Waals surface area contributed by atoms with E-state index in [1.165, 1.54) is 0 Å². The molecule has 0 unspecified atom stereocenters. The average molecular weight is 197 g/mol. The number of carboxylic acid groups (broad SMARTS) is 1. The van der Waals surface area contributed by atoms with E-state index in [1.54, 1.807) is 0 Å². The van der Waals surface area contributed by atoms with Crippen LogP contribution in [0.2, 0.25) is 0 Å². The van der Waals surface area contributed by atoms with Crippen LogP contribution in [0.3, 0.4) is 0 Å². The molecule has 0 amide bonds. The fraction of sp³-hybridized carbons (Fsp3) is 0.667. The molecule has 78 valence electrons. The third-order valence-corrected chi connectivity index (χ3v) is 1.91. The lowest BCUT2D eigenvalue weighted by atomic mass is 9.85. The Hall–Kier alpha value is -1.39. The van der Waals surface area contributed by atoms with Crippen molar-refractivity contribution in [3.05, 3.63) is 11.6 Å². The zero-order chi connectivity index (χ0) is 10.8. The first-order chi connectivity index (χ1) is 6.39. The lowest BCUT2D eigenvalue weighted by molar-refractivity contribution is -0.139. The summed E-state index contributed by atoms with van der Waals surface area (Å²) in [7, 11) is 0. The molecule has 0 saturated heterocycles. The first-order valence-electron chi connectivity index (χ1n) is 4.49. The number of nitrogens with one attached hydrogen (secondary N) is 1. The molecule has 0 atom stereocenters. The predicted octanol–water partition coefficient (Wildman–Crippen LogP) is 1.16. The highest BCUT2D eigenvalue weighted by molar-refractivity contribution is 5.67. The van der Waals surface area contributed by atoms with Gasteiger partial charge in [-0.15, -0.1) is 0 Å². The van der Waals surface area contributed by atoms with Crippen LogP contribution in [0.1, 0.15) is 31.9 Å². The second kappa shape index (κ2) is 3.77. The number of aromatic amines is 1. The summed E-state index contributed by atoms with van der Waals surface area (Å²) in [6.07, 6.45) is 0.699. The molecule has 0 aliphatic rings. The Labute approximate surface area is 82.6 Å². The molecule has 0 aromatic carbocycles. The highest BCUT2D eigenvalue weighted by Gasteiger charge is 2.23. The second-order valence-electron chi connectivity index (χ2n) is 4.25. The van der Waals surface area contributed by atoms with Crippen molar-refractivity contribution >= 4 is 5.97 Å². The smallest absolute Gasteiger partial charge is 0.303 e. The van der Waals surface area contributed by atoms with Crippen LogP contribution in [0, 0.1) is 12.3 Å². The molecule has 1 heterocycles. The zero-order valence-corrected chi connectivity index (χ0v) is 8.66. The van der Waals surface area contributed by atoms with Crippen LogP contribution in [-0.2, 0) is 11.2 Å². The minimum Gasteiger partial charge on any atom is -0.481 e. The summed E-state index contributed by atoms with van der Waals surface area (Å²) < 4.78 is 0. The maximum absolute atomic E-state index is 10.6. The van der Waals surface area contributed by atoms with Crippen molar-refractivity contribution in [2.24, 2.45) is 5.41 Å². The number of aliphatic carboxylic acids is 1. The topological polar surface area (TPSA) is 78.9 Å². The molecule has 5 heteroatoms. The Morgan fingerprint density at radius 1 is 1.57 bits per heavy atom. The molecule has 1 aromatic heterocycles. The SMILES string of the molecule is Cc1nc(CC(C)(C)CC(=O)O)n[nH]1. The molecule has 1 rings (SSSR count). The fourth-order valence-corrected chi connectivity index (χ4v) is 1.37. The van der Waals surface area contributed by atoms with E-state index >= 15 is 0 Å². The van der Waals surface area contributed by atoms with E-state index in [-0.39, 0.29) is 11.8 Å². The number of H-pyrrole nitrogens is 1. The van der Waals surface area contributed by atoms with Crippen LogP contribution in [0.15, 0.2) is 0 Å². The number of carboxylic acids is 1. The number of nitrogens with zero attached hydrogens (tertiary/aromatic N) is 2. The van der Waals surface area contributed by atoms with Crippen molar-refractivity contribution in [2.75, 3.05) is 0 Å². The Kier molecular flexibility index (Phi) is 2.88. The van der Waals surface area contributed by atoms with Crippen LogP contribution >= 0.6 is 0 Å². The van der Waals surface area contributed by atoms with Crippen LogP contribution in [-0.4, -0.2) is 26.3 Å². The Bertz CT molecular complexity index is 331. The number of aryl methyl sites for hydroxylation is 1. The highest BCUT2D eigenvalue weighted by Crippen LogP contribution is 2.24. The van der Waals surface area contributed by atoms with Crippen molar-refractivity contribution in [2.45, 2.75) is 33.6 Å². The number of rotatable bonds is 4. The van der Waals surface area contributed by atoms with Gasteiger partial charge in [0.15, 0.2) is 5.82 Å². The van der Waals surface area contributed by atoms with E-state index in [2.05, 4.69) is 15.2 Å². The third-order valence-electron chi connectivity index (χ3n) is 1.91. The second-order valence-corrected chi connectivity index (χ2v) is 4.25. The van der Waals surface area contributed by atoms with Crippen molar-refractivity contribution in [1.29, 1.82) is 0 Å². The van der Waals surface area contributed by atoms with Crippen molar-refractivity contribution in [3.63, 3.8) is 0 Å². The fourth-order valence-electron chi connectivity index (χ4n) is 1.37. The van der Waals surface area contributed by atoms with E-state index in [0.717, 1.165) is 5.82 Å². The van der Waals surface area contributed by atoms with Gasteiger partial charge in [-0.3, -0.25) is 9.89 Å². The predicted molar refractivity (Wildman–Crippen MR) is 50.9 cm³/mol. The number of hydrogen-bond acceptors (Lipinski definition) is 3. The van der Waals surface area contributed by atoms with E-state index < -0.39 is 5.97 Å². The van der Waals surface area contributed by atoms with Crippen LogP contribution < -0.4 is 0 Å². The quantitative estimate of drug-likeness (QED) is 0.759. The summed E-state index contributed by atoms with van der Waals surface area (Å²) in [4.78, 5) is 14.7. The van der Waals surface area contributed by atoms with Gasteiger partial charge in [0.25, 0.3) is 0 Å². The van der Waals surface area contributed by atoms with Gasteiger partial charge in [-0.1, -0.05) is 13.8 Å². The number of aromatic nitrogens is 3. The molecule has 0 aliphatic carbocycles. The maximum atomic E-state index is 10.6. The molecular weight excluding hydrogens is 182 g/mol. The lowest BCUT2D eigenvalue weighted by Gasteiger charge is -2.19. The van der Waals surface area contributed by atoms with Gasteiger partial charge < -0.3 is 5.11 Å². The Morgan fingerprint density at radius 2 is 2.21 bits per heavy atom. The molecule has 0 radical (unpaired) electrons. The molecule has 0 saturated carbocycles. The maximum Gasteiger partial charge on any atom is 0.303 e. The standard InChI is InChI=1S/C9H15N3O2/c1-6-10-7(12-11-6)4-9(2,3)5-8(13)14/h4-5H2,1-3H3,(H,13,14)(H,10,11,12).